The Morgan fingerprint density at radius 1 is 1.31 bits per heavy atom. The smallest absolute Gasteiger partial charge is 0.316 e. The second-order valence-electron chi connectivity index (χ2n) is 8.76. The Morgan fingerprint density at radius 2 is 2.08 bits per heavy atom. The molecule has 0 saturated heterocycles. The van der Waals surface area contributed by atoms with Crippen LogP contribution >= 0.6 is 0 Å². The Labute approximate surface area is 154 Å². The van der Waals surface area contributed by atoms with Crippen LogP contribution in [0.15, 0.2) is 11.6 Å². The average Bonchev–Trinajstić information content (AvgIpc) is 2.86. The molecule has 0 aromatic carbocycles. The third kappa shape index (κ3) is 1.98. The van der Waals surface area contributed by atoms with Crippen molar-refractivity contribution in [3.63, 3.8) is 0 Å². The molecule has 0 bridgehead atoms. The van der Waals surface area contributed by atoms with Crippen LogP contribution in [0.1, 0.15) is 65.2 Å². The van der Waals surface area contributed by atoms with Crippen molar-refractivity contribution in [3.8, 4) is 0 Å². The second-order valence-corrected chi connectivity index (χ2v) is 8.76. The van der Waals surface area contributed by atoms with Crippen molar-refractivity contribution in [1.29, 1.82) is 0 Å². The molecule has 4 aliphatic rings. The number of hydrogen-bond donors (Lipinski definition) is 1. The molecule has 5 heteroatoms. The van der Waals surface area contributed by atoms with E-state index in [2.05, 4.69) is 0 Å². The van der Waals surface area contributed by atoms with Crippen molar-refractivity contribution in [2.24, 2.45) is 22.7 Å². The van der Waals surface area contributed by atoms with E-state index in [1.807, 2.05) is 13.0 Å². The van der Waals surface area contributed by atoms with Crippen molar-refractivity contribution >= 4 is 17.5 Å². The average molecular weight is 360 g/mol. The number of hydrogen-bond acceptors (Lipinski definition) is 5. The molecule has 0 amide bonds. The molecule has 142 valence electrons. The molecule has 3 saturated carbocycles. The first kappa shape index (κ1) is 17.9. The molecule has 0 aromatic heterocycles. The lowest BCUT2D eigenvalue weighted by atomic mass is 9.45. The topological polar surface area (TPSA) is 80.7 Å². The van der Waals surface area contributed by atoms with Crippen molar-refractivity contribution in [1.82, 2.24) is 0 Å². The van der Waals surface area contributed by atoms with Gasteiger partial charge in [-0.2, -0.15) is 0 Å². The zero-order chi connectivity index (χ0) is 18.7. The van der Waals surface area contributed by atoms with Crippen LogP contribution in [0.5, 0.6) is 0 Å². The Hall–Kier alpha value is -1.49. The van der Waals surface area contributed by atoms with E-state index < -0.39 is 22.3 Å². The Bertz CT molecular complexity index is 709. The van der Waals surface area contributed by atoms with Crippen LogP contribution in [0.4, 0.5) is 0 Å². The minimum Gasteiger partial charge on any atom is -0.465 e. The summed E-state index contributed by atoms with van der Waals surface area (Å²) in [5.41, 5.74) is -2.09. The predicted molar refractivity (Wildman–Crippen MR) is 94.1 cm³/mol. The summed E-state index contributed by atoms with van der Waals surface area (Å²) in [7, 11) is 0. The summed E-state index contributed by atoms with van der Waals surface area (Å²) in [6.07, 6.45) is 6.47. The zero-order valence-corrected chi connectivity index (χ0v) is 15.7. The highest BCUT2D eigenvalue weighted by atomic mass is 16.5. The number of rotatable bonds is 2. The van der Waals surface area contributed by atoms with Crippen LogP contribution in [0.3, 0.4) is 0 Å². The molecule has 1 N–H and O–H groups in total. The van der Waals surface area contributed by atoms with Gasteiger partial charge in [0.15, 0.2) is 0 Å². The molecule has 5 atom stereocenters. The fourth-order valence-electron chi connectivity index (χ4n) is 6.51. The summed E-state index contributed by atoms with van der Waals surface area (Å²) in [5.74, 6) is -1.11. The van der Waals surface area contributed by atoms with Crippen LogP contribution in [0.2, 0.25) is 0 Å². The Balaban J connectivity index is 1.85. The van der Waals surface area contributed by atoms with Crippen LogP contribution in [-0.2, 0) is 19.1 Å². The van der Waals surface area contributed by atoms with Gasteiger partial charge in [0, 0.05) is 12.8 Å². The van der Waals surface area contributed by atoms with Crippen molar-refractivity contribution in [3.05, 3.63) is 11.6 Å². The number of fused-ring (bicyclic) bond motifs is 5. The molecule has 5 nitrogen and oxygen atoms in total. The molecule has 0 aromatic rings. The van der Waals surface area contributed by atoms with Gasteiger partial charge in [0.2, 0.25) is 0 Å². The Morgan fingerprint density at radius 3 is 2.81 bits per heavy atom. The number of esters is 1. The highest BCUT2D eigenvalue weighted by molar-refractivity contribution is 5.96. The monoisotopic (exact) mass is 360 g/mol. The summed E-state index contributed by atoms with van der Waals surface area (Å²) in [6.45, 7) is 3.92. The Kier molecular flexibility index (Phi) is 3.96. The van der Waals surface area contributed by atoms with E-state index in [-0.39, 0.29) is 29.9 Å². The number of ether oxygens (including phenoxy) is 1. The van der Waals surface area contributed by atoms with Crippen molar-refractivity contribution < 1.29 is 24.2 Å². The van der Waals surface area contributed by atoms with Gasteiger partial charge < -0.3 is 9.84 Å². The van der Waals surface area contributed by atoms with E-state index >= 15 is 0 Å². The summed E-state index contributed by atoms with van der Waals surface area (Å²) in [6, 6.07) is 0. The zero-order valence-electron chi connectivity index (χ0n) is 15.7. The first-order valence-corrected chi connectivity index (χ1v) is 9.96. The number of aliphatic hydroxyl groups is 1. The van der Waals surface area contributed by atoms with E-state index in [1.165, 1.54) is 0 Å². The molecule has 4 rings (SSSR count). The highest BCUT2D eigenvalue weighted by Gasteiger charge is 2.71. The SMILES string of the molecule is CCOC(=O)[C@]12CCCC=C1CC(=O)[C@@H]1[C@@H]2CC[C@]2(C)C(=O)CC[C@]12O. The molecular weight excluding hydrogens is 332 g/mol. The van der Waals surface area contributed by atoms with Gasteiger partial charge in [-0.15, -0.1) is 0 Å². The van der Waals surface area contributed by atoms with Gasteiger partial charge in [0.05, 0.1) is 29.0 Å². The second kappa shape index (κ2) is 5.75. The predicted octanol–water partition coefficient (Wildman–Crippen LogP) is 2.75. The molecule has 0 radical (unpaired) electrons. The van der Waals surface area contributed by atoms with E-state index in [4.69, 9.17) is 4.74 Å². The number of carbonyl (C=O) groups excluding carboxylic acids is 3. The van der Waals surface area contributed by atoms with Gasteiger partial charge in [-0.3, -0.25) is 14.4 Å². The molecule has 26 heavy (non-hydrogen) atoms. The van der Waals surface area contributed by atoms with E-state index in [1.54, 1.807) is 6.92 Å². The molecule has 0 spiro atoms. The largest absolute Gasteiger partial charge is 0.465 e. The molecule has 3 fully saturated rings. The summed E-state index contributed by atoms with van der Waals surface area (Å²) in [4.78, 5) is 38.8. The molecule has 4 aliphatic carbocycles. The molecule has 0 aliphatic heterocycles. The quantitative estimate of drug-likeness (QED) is 0.605. The molecule has 0 unspecified atom stereocenters. The number of allylic oxidation sites excluding steroid dienone is 1. The lowest BCUT2D eigenvalue weighted by Gasteiger charge is -2.58. The maximum Gasteiger partial charge on any atom is 0.316 e. The molecular formula is C21H28O5. The number of Topliss-reactive ketones (excluding diaryl/α,β-unsaturated/α-hetero) is 2. The van der Waals surface area contributed by atoms with E-state index in [0.717, 1.165) is 18.4 Å². The lowest BCUT2D eigenvalue weighted by molar-refractivity contribution is -0.192. The molecule has 0 heterocycles. The standard InChI is InChI=1S/C21H28O5/c1-3-26-18(24)20-9-5-4-6-13(20)12-15(22)17-14(20)7-10-19(2)16(23)8-11-21(17,19)25/h6,14,17,25H,3-5,7-12H2,1-2H3/t14-,17-,19+,20+,21-/m0/s1. The van der Waals surface area contributed by atoms with E-state index in [9.17, 15) is 19.5 Å². The third-order valence-electron chi connectivity index (χ3n) is 7.90. The van der Waals surface area contributed by atoms with E-state index in [0.29, 0.717) is 38.7 Å². The van der Waals surface area contributed by atoms with Gasteiger partial charge in [-0.25, -0.2) is 0 Å². The number of carbonyl (C=O) groups is 3. The third-order valence-corrected chi connectivity index (χ3v) is 7.90. The van der Waals surface area contributed by atoms with Gasteiger partial charge in [-0.1, -0.05) is 6.08 Å². The highest BCUT2D eigenvalue weighted by Crippen LogP contribution is 2.65. The summed E-state index contributed by atoms with van der Waals surface area (Å²) >= 11 is 0. The fourth-order valence-corrected chi connectivity index (χ4v) is 6.51. The summed E-state index contributed by atoms with van der Waals surface area (Å²) < 4.78 is 5.48. The van der Waals surface area contributed by atoms with Crippen LogP contribution in [0.25, 0.3) is 0 Å². The maximum absolute atomic E-state index is 13.1. The van der Waals surface area contributed by atoms with Gasteiger partial charge >= 0.3 is 5.97 Å². The normalized spacial score (nSPS) is 44.7. The van der Waals surface area contributed by atoms with Crippen molar-refractivity contribution in [2.75, 3.05) is 6.61 Å². The minimum atomic E-state index is -1.33. The van der Waals surface area contributed by atoms with Crippen LogP contribution < -0.4 is 0 Å². The first-order valence-electron chi connectivity index (χ1n) is 9.96. The van der Waals surface area contributed by atoms with Crippen LogP contribution in [0, 0.1) is 22.7 Å². The van der Waals surface area contributed by atoms with Gasteiger partial charge in [0.1, 0.15) is 11.6 Å². The van der Waals surface area contributed by atoms with Gasteiger partial charge in [-0.05, 0) is 63.9 Å². The number of ketones is 2. The van der Waals surface area contributed by atoms with Crippen molar-refractivity contribution in [2.45, 2.75) is 70.8 Å². The lowest BCUT2D eigenvalue weighted by Crippen LogP contribution is -2.65. The van der Waals surface area contributed by atoms with Gasteiger partial charge in [0.25, 0.3) is 0 Å². The van der Waals surface area contributed by atoms with Crippen LogP contribution in [-0.4, -0.2) is 34.9 Å². The summed E-state index contributed by atoms with van der Waals surface area (Å²) in [5, 5.41) is 11.6. The fraction of sp³-hybridized carbons (Fsp3) is 0.762. The first-order chi connectivity index (χ1) is 12.3. The maximum atomic E-state index is 13.1. The minimum absolute atomic E-state index is 0.00815.